The first-order chi connectivity index (χ1) is 10.0. The van der Waals surface area contributed by atoms with Crippen LogP contribution in [0.15, 0.2) is 40.9 Å². The van der Waals surface area contributed by atoms with E-state index in [-0.39, 0.29) is 5.56 Å². The van der Waals surface area contributed by atoms with E-state index in [1.165, 1.54) is 12.1 Å². The Morgan fingerprint density at radius 3 is 2.43 bits per heavy atom. The Labute approximate surface area is 130 Å². The summed E-state index contributed by atoms with van der Waals surface area (Å²) in [5.74, 6) is -1.39. The molecule has 1 unspecified atom stereocenters. The third-order valence-electron chi connectivity index (χ3n) is 3.14. The van der Waals surface area contributed by atoms with Crippen molar-refractivity contribution in [3.63, 3.8) is 0 Å². The van der Waals surface area contributed by atoms with Crippen molar-refractivity contribution in [2.45, 2.75) is 19.4 Å². The maximum atomic E-state index is 14.0. The minimum atomic E-state index is -0.530. The molecular formula is C16H15BrF3N. The fourth-order valence-corrected chi connectivity index (χ4v) is 2.52. The van der Waals surface area contributed by atoms with Crippen molar-refractivity contribution in [1.82, 2.24) is 5.32 Å². The van der Waals surface area contributed by atoms with Gasteiger partial charge in [-0.05, 0) is 64.8 Å². The highest BCUT2D eigenvalue weighted by molar-refractivity contribution is 9.10. The van der Waals surface area contributed by atoms with Crippen LogP contribution in [0.5, 0.6) is 0 Å². The summed E-state index contributed by atoms with van der Waals surface area (Å²) in [7, 11) is 0. The smallest absolute Gasteiger partial charge is 0.137 e. The van der Waals surface area contributed by atoms with Crippen molar-refractivity contribution >= 4 is 15.9 Å². The Morgan fingerprint density at radius 1 is 1.05 bits per heavy atom. The second kappa shape index (κ2) is 7.09. The fraction of sp³-hybridized carbons (Fsp3) is 0.250. The summed E-state index contributed by atoms with van der Waals surface area (Å²) in [6, 6.07) is 7.26. The maximum Gasteiger partial charge on any atom is 0.137 e. The Balaban J connectivity index is 2.46. The molecule has 1 atom stereocenters. The van der Waals surface area contributed by atoms with Crippen LogP contribution in [0.2, 0.25) is 0 Å². The average molecular weight is 358 g/mol. The molecule has 21 heavy (non-hydrogen) atoms. The quantitative estimate of drug-likeness (QED) is 0.797. The monoisotopic (exact) mass is 357 g/mol. The lowest BCUT2D eigenvalue weighted by molar-refractivity contribution is 0.534. The highest BCUT2D eigenvalue weighted by atomic mass is 79.9. The third-order valence-corrected chi connectivity index (χ3v) is 3.75. The van der Waals surface area contributed by atoms with E-state index in [4.69, 9.17) is 0 Å². The number of rotatable bonds is 5. The summed E-state index contributed by atoms with van der Waals surface area (Å²) >= 11 is 3.12. The summed E-state index contributed by atoms with van der Waals surface area (Å²) in [5.41, 5.74) is 0.878. The number of halogens is 4. The molecule has 0 aliphatic carbocycles. The van der Waals surface area contributed by atoms with Crippen molar-refractivity contribution in [1.29, 1.82) is 0 Å². The van der Waals surface area contributed by atoms with Gasteiger partial charge in [-0.15, -0.1) is 0 Å². The molecule has 0 saturated carbocycles. The number of nitrogens with one attached hydrogen (secondary N) is 1. The van der Waals surface area contributed by atoms with Crippen molar-refractivity contribution in [2.24, 2.45) is 0 Å². The van der Waals surface area contributed by atoms with Crippen LogP contribution in [0.3, 0.4) is 0 Å². The third kappa shape index (κ3) is 3.86. The van der Waals surface area contributed by atoms with Crippen molar-refractivity contribution < 1.29 is 13.2 Å². The minimum Gasteiger partial charge on any atom is -0.306 e. The van der Waals surface area contributed by atoms with E-state index in [0.717, 1.165) is 18.6 Å². The maximum absolute atomic E-state index is 14.0. The van der Waals surface area contributed by atoms with Gasteiger partial charge in [-0.25, -0.2) is 13.2 Å². The van der Waals surface area contributed by atoms with Gasteiger partial charge in [0.2, 0.25) is 0 Å². The van der Waals surface area contributed by atoms with E-state index < -0.39 is 23.5 Å². The molecule has 0 bridgehead atoms. The van der Waals surface area contributed by atoms with E-state index in [1.807, 2.05) is 6.92 Å². The van der Waals surface area contributed by atoms with E-state index >= 15 is 0 Å². The molecule has 2 aromatic carbocycles. The molecule has 0 aliphatic heterocycles. The first kappa shape index (κ1) is 16.0. The van der Waals surface area contributed by atoms with Gasteiger partial charge in [0.05, 0.1) is 10.5 Å². The van der Waals surface area contributed by atoms with E-state index in [1.54, 1.807) is 12.1 Å². The molecule has 0 aromatic heterocycles. The van der Waals surface area contributed by atoms with Crippen LogP contribution >= 0.6 is 15.9 Å². The topological polar surface area (TPSA) is 12.0 Å². The fourth-order valence-electron chi connectivity index (χ4n) is 2.12. The van der Waals surface area contributed by atoms with E-state index in [9.17, 15) is 13.2 Å². The number of benzene rings is 2. The second-order valence-corrected chi connectivity index (χ2v) is 5.58. The van der Waals surface area contributed by atoms with E-state index in [2.05, 4.69) is 21.2 Å². The molecule has 0 spiro atoms. The van der Waals surface area contributed by atoms with Crippen LogP contribution in [0.25, 0.3) is 0 Å². The molecule has 0 fully saturated rings. The first-order valence-electron chi connectivity index (χ1n) is 6.66. The van der Waals surface area contributed by atoms with Crippen molar-refractivity contribution in [2.75, 3.05) is 6.54 Å². The average Bonchev–Trinajstić information content (AvgIpc) is 2.46. The standard InChI is InChI=1S/C16H15BrF3N/c1-2-7-21-16(10-3-5-15(20)13(17)8-10)12-9-11(18)4-6-14(12)19/h3-6,8-9,16,21H,2,7H2,1H3. The summed E-state index contributed by atoms with van der Waals surface area (Å²) in [4.78, 5) is 0. The number of hydrogen-bond donors (Lipinski definition) is 1. The molecule has 0 radical (unpaired) electrons. The molecule has 2 rings (SSSR count). The normalized spacial score (nSPS) is 12.4. The summed E-state index contributed by atoms with van der Waals surface area (Å²) < 4.78 is 41.1. The zero-order valence-corrected chi connectivity index (χ0v) is 13.1. The predicted molar refractivity (Wildman–Crippen MR) is 80.6 cm³/mol. The first-order valence-corrected chi connectivity index (χ1v) is 7.45. The highest BCUT2D eigenvalue weighted by Crippen LogP contribution is 2.28. The Bertz CT molecular complexity index is 631. The summed E-state index contributed by atoms with van der Waals surface area (Å²) in [6.07, 6.45) is 0.843. The zero-order chi connectivity index (χ0) is 15.4. The van der Waals surface area contributed by atoms with Crippen molar-refractivity contribution in [3.8, 4) is 0 Å². The molecule has 0 heterocycles. The Hall–Kier alpha value is -1.33. The lowest BCUT2D eigenvalue weighted by Gasteiger charge is -2.20. The molecule has 0 aliphatic rings. The zero-order valence-electron chi connectivity index (χ0n) is 11.5. The summed E-state index contributed by atoms with van der Waals surface area (Å²) in [6.45, 7) is 2.61. The van der Waals surface area contributed by atoms with Gasteiger partial charge in [0.25, 0.3) is 0 Å². The molecule has 1 nitrogen and oxygen atoms in total. The summed E-state index contributed by atoms with van der Waals surface area (Å²) in [5, 5.41) is 3.17. The van der Waals surface area contributed by atoms with Crippen LogP contribution in [-0.4, -0.2) is 6.54 Å². The molecule has 112 valence electrons. The molecule has 1 N–H and O–H groups in total. The Kier molecular flexibility index (Phi) is 5.42. The molecule has 5 heteroatoms. The van der Waals surface area contributed by atoms with Gasteiger partial charge in [-0.1, -0.05) is 13.0 Å². The van der Waals surface area contributed by atoms with Gasteiger partial charge in [0.1, 0.15) is 17.5 Å². The van der Waals surface area contributed by atoms with Crippen molar-refractivity contribution in [3.05, 3.63) is 69.4 Å². The molecule has 0 saturated heterocycles. The van der Waals surface area contributed by atoms with Crippen LogP contribution in [0.4, 0.5) is 13.2 Å². The van der Waals surface area contributed by atoms with Gasteiger partial charge in [0, 0.05) is 5.56 Å². The molecular weight excluding hydrogens is 343 g/mol. The second-order valence-electron chi connectivity index (χ2n) is 4.73. The highest BCUT2D eigenvalue weighted by Gasteiger charge is 2.19. The molecule has 0 amide bonds. The Morgan fingerprint density at radius 2 is 1.76 bits per heavy atom. The van der Waals surface area contributed by atoms with Gasteiger partial charge in [0.15, 0.2) is 0 Å². The van der Waals surface area contributed by atoms with Gasteiger partial charge in [-0.3, -0.25) is 0 Å². The van der Waals surface area contributed by atoms with Crippen LogP contribution in [-0.2, 0) is 0 Å². The molecule has 2 aromatic rings. The van der Waals surface area contributed by atoms with E-state index in [0.29, 0.717) is 16.6 Å². The van der Waals surface area contributed by atoms with Gasteiger partial charge in [-0.2, -0.15) is 0 Å². The number of hydrogen-bond acceptors (Lipinski definition) is 1. The predicted octanol–water partition coefficient (Wildman–Crippen LogP) is 4.96. The van der Waals surface area contributed by atoms with Crippen LogP contribution < -0.4 is 5.32 Å². The lowest BCUT2D eigenvalue weighted by atomic mass is 9.98. The lowest BCUT2D eigenvalue weighted by Crippen LogP contribution is -2.24. The van der Waals surface area contributed by atoms with Gasteiger partial charge >= 0.3 is 0 Å². The van der Waals surface area contributed by atoms with Gasteiger partial charge < -0.3 is 5.32 Å². The van der Waals surface area contributed by atoms with Crippen LogP contribution in [0.1, 0.15) is 30.5 Å². The largest absolute Gasteiger partial charge is 0.306 e. The SMILES string of the molecule is CCCNC(c1ccc(F)c(Br)c1)c1cc(F)ccc1F. The minimum absolute atomic E-state index is 0.210. The van der Waals surface area contributed by atoms with Crippen LogP contribution in [0, 0.1) is 17.5 Å².